The third-order valence-corrected chi connectivity index (χ3v) is 5.57. The Hall–Kier alpha value is -2.18. The van der Waals surface area contributed by atoms with Gasteiger partial charge in [-0.05, 0) is 25.0 Å². The molecule has 2 fully saturated rings. The molecule has 0 aliphatic carbocycles. The minimum absolute atomic E-state index is 0.618. The molecule has 2 aliphatic heterocycles. The van der Waals surface area contributed by atoms with E-state index in [1.54, 1.807) is 0 Å². The lowest BCUT2D eigenvalue weighted by atomic mass is 10.0. The van der Waals surface area contributed by atoms with Gasteiger partial charge in [0.1, 0.15) is 0 Å². The maximum atomic E-state index is 5.53. The molecule has 6 heteroatoms. The van der Waals surface area contributed by atoms with Crippen molar-refractivity contribution in [2.75, 3.05) is 44.3 Å². The third kappa shape index (κ3) is 2.65. The predicted molar refractivity (Wildman–Crippen MR) is 99.0 cm³/mol. The summed E-state index contributed by atoms with van der Waals surface area (Å²) in [5.74, 6) is 0. The number of aromatic nitrogens is 3. The van der Waals surface area contributed by atoms with Gasteiger partial charge in [-0.25, -0.2) is 9.97 Å². The van der Waals surface area contributed by atoms with Crippen LogP contribution in [-0.4, -0.2) is 65.3 Å². The van der Waals surface area contributed by atoms with Crippen LogP contribution in [0.1, 0.15) is 12.8 Å². The molecule has 0 aromatic carbocycles. The lowest BCUT2D eigenvalue weighted by molar-refractivity contribution is 0.0137. The van der Waals surface area contributed by atoms with Crippen LogP contribution in [0.5, 0.6) is 0 Å². The smallest absolute Gasteiger partial charge is 0.159 e. The van der Waals surface area contributed by atoms with Gasteiger partial charge in [-0.2, -0.15) is 0 Å². The monoisotopic (exact) mass is 337 g/mol. The Bertz CT molecular complexity index is 886. The van der Waals surface area contributed by atoms with Crippen LogP contribution in [0.2, 0.25) is 0 Å². The van der Waals surface area contributed by atoms with E-state index in [0.717, 1.165) is 55.9 Å². The highest BCUT2D eigenvalue weighted by Gasteiger charge is 2.27. The Kier molecular flexibility index (Phi) is 3.79. The molecule has 2 saturated heterocycles. The number of fused-ring (bicyclic) bond motifs is 3. The zero-order valence-corrected chi connectivity index (χ0v) is 14.3. The van der Waals surface area contributed by atoms with Crippen LogP contribution in [0.25, 0.3) is 21.9 Å². The quantitative estimate of drug-likeness (QED) is 0.778. The highest BCUT2D eigenvalue weighted by molar-refractivity contribution is 6.09. The molecule has 25 heavy (non-hydrogen) atoms. The molecule has 3 aromatic heterocycles. The fraction of sp³-hybridized carbons (Fsp3) is 0.474. The first kappa shape index (κ1) is 15.1. The first-order valence-corrected chi connectivity index (χ1v) is 9.18. The predicted octanol–water partition coefficient (Wildman–Crippen LogP) is 2.41. The number of rotatable bonds is 2. The number of pyridine rings is 2. The molecule has 0 bridgehead atoms. The number of ether oxygens (including phenoxy) is 1. The van der Waals surface area contributed by atoms with Gasteiger partial charge >= 0.3 is 0 Å². The molecule has 3 aromatic rings. The van der Waals surface area contributed by atoms with Gasteiger partial charge in [0, 0.05) is 61.1 Å². The summed E-state index contributed by atoms with van der Waals surface area (Å²) in [5.41, 5.74) is 3.20. The minimum Gasteiger partial charge on any atom is -0.379 e. The fourth-order valence-electron chi connectivity index (χ4n) is 4.32. The van der Waals surface area contributed by atoms with Gasteiger partial charge in [-0.15, -0.1) is 0 Å². The third-order valence-electron chi connectivity index (χ3n) is 5.57. The van der Waals surface area contributed by atoms with E-state index in [-0.39, 0.29) is 0 Å². The van der Waals surface area contributed by atoms with Crippen LogP contribution in [0.3, 0.4) is 0 Å². The second kappa shape index (κ2) is 6.28. The number of hydrogen-bond donors (Lipinski definition) is 1. The second-order valence-corrected chi connectivity index (χ2v) is 6.98. The van der Waals surface area contributed by atoms with Crippen molar-refractivity contribution in [3.05, 3.63) is 30.7 Å². The molecule has 0 spiro atoms. The lowest BCUT2D eigenvalue weighted by Crippen LogP contribution is -2.51. The molecule has 1 unspecified atom stereocenters. The lowest BCUT2D eigenvalue weighted by Gasteiger charge is -2.42. The molecule has 0 saturated carbocycles. The van der Waals surface area contributed by atoms with E-state index in [0.29, 0.717) is 6.04 Å². The largest absolute Gasteiger partial charge is 0.379 e. The Morgan fingerprint density at radius 3 is 2.96 bits per heavy atom. The number of nitrogens with zero attached hydrogens (tertiary/aromatic N) is 4. The Morgan fingerprint density at radius 2 is 2.04 bits per heavy atom. The Labute approximate surface area is 146 Å². The molecular weight excluding hydrogens is 314 g/mol. The Morgan fingerprint density at radius 1 is 1.12 bits per heavy atom. The van der Waals surface area contributed by atoms with Gasteiger partial charge in [0.2, 0.25) is 0 Å². The summed E-state index contributed by atoms with van der Waals surface area (Å²) in [7, 11) is 0. The summed E-state index contributed by atoms with van der Waals surface area (Å²) in [4.78, 5) is 17.3. The molecule has 6 nitrogen and oxygen atoms in total. The van der Waals surface area contributed by atoms with E-state index in [1.807, 2.05) is 18.6 Å². The number of hydrogen-bond acceptors (Lipinski definition) is 5. The van der Waals surface area contributed by atoms with Gasteiger partial charge in [-0.3, -0.25) is 4.90 Å². The number of H-pyrrole nitrogens is 1. The average Bonchev–Trinajstić information content (AvgIpc) is 3.17. The van der Waals surface area contributed by atoms with Gasteiger partial charge < -0.3 is 14.6 Å². The Balaban J connectivity index is 1.52. The highest BCUT2D eigenvalue weighted by Crippen LogP contribution is 2.33. The summed E-state index contributed by atoms with van der Waals surface area (Å²) in [5, 5.41) is 2.38. The van der Waals surface area contributed by atoms with Crippen molar-refractivity contribution < 1.29 is 4.74 Å². The van der Waals surface area contributed by atoms with Gasteiger partial charge in [-0.1, -0.05) is 0 Å². The summed E-state index contributed by atoms with van der Waals surface area (Å²) in [6.45, 7) is 6.04. The molecule has 5 rings (SSSR count). The number of anilines is 1. The van der Waals surface area contributed by atoms with Crippen molar-refractivity contribution in [2.24, 2.45) is 0 Å². The van der Waals surface area contributed by atoms with E-state index in [1.165, 1.54) is 23.9 Å². The molecule has 130 valence electrons. The van der Waals surface area contributed by atoms with E-state index in [9.17, 15) is 0 Å². The van der Waals surface area contributed by atoms with Crippen molar-refractivity contribution in [3.63, 3.8) is 0 Å². The van der Waals surface area contributed by atoms with E-state index >= 15 is 0 Å². The average molecular weight is 337 g/mol. The minimum atomic E-state index is 0.618. The maximum Gasteiger partial charge on any atom is 0.159 e. The molecule has 1 N–H and O–H groups in total. The van der Waals surface area contributed by atoms with Crippen molar-refractivity contribution >= 4 is 27.6 Å². The van der Waals surface area contributed by atoms with Crippen molar-refractivity contribution in [1.29, 1.82) is 0 Å². The fourth-order valence-corrected chi connectivity index (χ4v) is 4.32. The molecule has 2 aliphatic rings. The highest BCUT2D eigenvalue weighted by atomic mass is 16.5. The zero-order chi connectivity index (χ0) is 16.6. The van der Waals surface area contributed by atoms with Crippen LogP contribution in [0.15, 0.2) is 30.7 Å². The number of aromatic amines is 1. The van der Waals surface area contributed by atoms with Gasteiger partial charge in [0.05, 0.1) is 24.9 Å². The van der Waals surface area contributed by atoms with Crippen LogP contribution >= 0.6 is 0 Å². The van der Waals surface area contributed by atoms with Gasteiger partial charge in [0.15, 0.2) is 5.65 Å². The van der Waals surface area contributed by atoms with Crippen LogP contribution in [-0.2, 0) is 4.74 Å². The molecule has 0 amide bonds. The van der Waals surface area contributed by atoms with Crippen LogP contribution in [0.4, 0.5) is 5.69 Å². The molecule has 0 radical (unpaired) electrons. The SMILES string of the molecule is c1cc2c(n1)ncc1[nH]ccc(N3CCCC(N4CCOCC4)C3)c12. The van der Waals surface area contributed by atoms with Gasteiger partial charge in [0.25, 0.3) is 0 Å². The van der Waals surface area contributed by atoms with Crippen LogP contribution < -0.4 is 4.90 Å². The number of morpholine rings is 1. The van der Waals surface area contributed by atoms with Crippen molar-refractivity contribution in [2.45, 2.75) is 18.9 Å². The normalized spacial score (nSPS) is 22.7. The summed E-state index contributed by atoms with van der Waals surface area (Å²) in [6.07, 6.45) is 8.29. The van der Waals surface area contributed by atoms with Crippen molar-refractivity contribution in [1.82, 2.24) is 19.9 Å². The maximum absolute atomic E-state index is 5.53. The zero-order valence-electron chi connectivity index (χ0n) is 14.3. The molecule has 5 heterocycles. The van der Waals surface area contributed by atoms with Crippen LogP contribution in [0, 0.1) is 0 Å². The van der Waals surface area contributed by atoms with Crippen molar-refractivity contribution in [3.8, 4) is 0 Å². The van der Waals surface area contributed by atoms with E-state index in [2.05, 4.69) is 36.9 Å². The summed E-state index contributed by atoms with van der Waals surface area (Å²) in [6, 6.07) is 4.90. The first-order valence-electron chi connectivity index (χ1n) is 9.18. The standard InChI is InChI=1S/C19H23N5O/c1-2-14(23-8-10-25-11-9-23)13-24(7-1)17-4-6-20-16-12-22-19-15(18(16)17)3-5-21-19/h3-6,12,14,20H,1-2,7-11,13H2. The first-order chi connectivity index (χ1) is 12.4. The molecule has 1 atom stereocenters. The summed E-state index contributed by atoms with van der Waals surface area (Å²) < 4.78 is 5.53. The topological polar surface area (TPSA) is 57.3 Å². The number of piperidine rings is 1. The number of nitrogens with one attached hydrogen (secondary N) is 1. The van der Waals surface area contributed by atoms with E-state index in [4.69, 9.17) is 4.74 Å². The van der Waals surface area contributed by atoms with E-state index < -0.39 is 0 Å². The summed E-state index contributed by atoms with van der Waals surface area (Å²) >= 11 is 0. The second-order valence-electron chi connectivity index (χ2n) is 6.98. The molecular formula is C19H23N5O.